The monoisotopic (exact) mass is 271 g/mol. The first-order chi connectivity index (χ1) is 9.69. The molecule has 0 unspecified atom stereocenters. The van der Waals surface area contributed by atoms with Gasteiger partial charge in [0.05, 0.1) is 18.5 Å². The molecule has 0 radical (unpaired) electrons. The third-order valence-electron chi connectivity index (χ3n) is 3.88. The first-order valence-corrected chi connectivity index (χ1v) is 7.12. The zero-order chi connectivity index (χ0) is 14.1. The van der Waals surface area contributed by atoms with E-state index in [9.17, 15) is 0 Å². The number of hydrogen-bond donors (Lipinski definition) is 1. The highest BCUT2D eigenvalue weighted by molar-refractivity contribution is 5.41. The van der Waals surface area contributed by atoms with Gasteiger partial charge in [-0.2, -0.15) is 5.10 Å². The van der Waals surface area contributed by atoms with Crippen molar-refractivity contribution in [2.24, 2.45) is 0 Å². The Labute approximate surface area is 119 Å². The Morgan fingerprint density at radius 3 is 2.85 bits per heavy atom. The van der Waals surface area contributed by atoms with Crippen molar-refractivity contribution in [1.29, 1.82) is 0 Å². The second kappa shape index (κ2) is 5.29. The molecule has 20 heavy (non-hydrogen) atoms. The van der Waals surface area contributed by atoms with E-state index in [1.807, 2.05) is 22.9 Å². The summed E-state index contributed by atoms with van der Waals surface area (Å²) in [5.41, 5.74) is 4.64. The van der Waals surface area contributed by atoms with Crippen LogP contribution in [0.5, 0.6) is 5.75 Å². The molecule has 1 fully saturated rings. The summed E-state index contributed by atoms with van der Waals surface area (Å²) in [7, 11) is 1.69. The second-order valence-corrected chi connectivity index (χ2v) is 5.42. The van der Waals surface area contributed by atoms with Crippen LogP contribution in [0.1, 0.15) is 29.8 Å². The molecule has 106 valence electrons. The predicted molar refractivity (Wildman–Crippen MR) is 79.5 cm³/mol. The van der Waals surface area contributed by atoms with Gasteiger partial charge in [0.2, 0.25) is 0 Å². The molecule has 0 saturated heterocycles. The van der Waals surface area contributed by atoms with Crippen molar-refractivity contribution in [2.75, 3.05) is 7.11 Å². The first kappa shape index (κ1) is 13.2. The molecular formula is C16H21N3O. The van der Waals surface area contributed by atoms with Gasteiger partial charge in [-0.05, 0) is 38.8 Å². The van der Waals surface area contributed by atoms with Crippen LogP contribution in [0.4, 0.5) is 0 Å². The van der Waals surface area contributed by atoms with Crippen molar-refractivity contribution in [1.82, 2.24) is 15.1 Å². The lowest BCUT2D eigenvalue weighted by atomic mass is 10.2. The van der Waals surface area contributed by atoms with Crippen LogP contribution in [0.3, 0.4) is 0 Å². The number of rotatable bonds is 5. The SMILES string of the molecule is COc1cccc(-n2nc(C)c(CNC3CC3)c2C)c1. The lowest BCUT2D eigenvalue weighted by Crippen LogP contribution is -2.16. The third-order valence-corrected chi connectivity index (χ3v) is 3.88. The Kier molecular flexibility index (Phi) is 3.49. The van der Waals surface area contributed by atoms with E-state index in [1.54, 1.807) is 7.11 Å². The van der Waals surface area contributed by atoms with E-state index in [-0.39, 0.29) is 0 Å². The number of aromatic nitrogens is 2. The summed E-state index contributed by atoms with van der Waals surface area (Å²) in [5, 5.41) is 8.24. The Morgan fingerprint density at radius 1 is 1.35 bits per heavy atom. The van der Waals surface area contributed by atoms with Gasteiger partial charge in [0.25, 0.3) is 0 Å². The molecule has 1 aliphatic carbocycles. The molecule has 0 atom stereocenters. The average molecular weight is 271 g/mol. The van der Waals surface area contributed by atoms with Gasteiger partial charge in [-0.25, -0.2) is 4.68 Å². The van der Waals surface area contributed by atoms with Crippen LogP contribution in [0, 0.1) is 13.8 Å². The highest BCUT2D eigenvalue weighted by Crippen LogP contribution is 2.23. The Bertz CT molecular complexity index is 614. The number of nitrogens with one attached hydrogen (secondary N) is 1. The van der Waals surface area contributed by atoms with Gasteiger partial charge in [-0.3, -0.25) is 0 Å². The van der Waals surface area contributed by atoms with Crippen LogP contribution < -0.4 is 10.1 Å². The molecule has 3 rings (SSSR count). The van der Waals surface area contributed by atoms with Gasteiger partial charge in [0, 0.05) is 29.9 Å². The van der Waals surface area contributed by atoms with Crippen LogP contribution in [0.2, 0.25) is 0 Å². The van der Waals surface area contributed by atoms with E-state index in [2.05, 4.69) is 30.3 Å². The van der Waals surface area contributed by atoms with Crippen LogP contribution in [-0.4, -0.2) is 22.9 Å². The van der Waals surface area contributed by atoms with Crippen LogP contribution >= 0.6 is 0 Å². The van der Waals surface area contributed by atoms with E-state index in [4.69, 9.17) is 4.74 Å². The minimum Gasteiger partial charge on any atom is -0.497 e. The molecule has 0 spiro atoms. The van der Waals surface area contributed by atoms with Crippen molar-refractivity contribution < 1.29 is 4.74 Å². The summed E-state index contributed by atoms with van der Waals surface area (Å²) in [5.74, 6) is 0.854. The molecule has 1 aromatic carbocycles. The van der Waals surface area contributed by atoms with E-state index < -0.39 is 0 Å². The van der Waals surface area contributed by atoms with Gasteiger partial charge in [0.15, 0.2) is 0 Å². The Hall–Kier alpha value is -1.81. The number of benzene rings is 1. The van der Waals surface area contributed by atoms with Gasteiger partial charge < -0.3 is 10.1 Å². The van der Waals surface area contributed by atoms with Crippen LogP contribution in [0.15, 0.2) is 24.3 Å². The molecule has 0 amide bonds. The van der Waals surface area contributed by atoms with E-state index in [1.165, 1.54) is 24.1 Å². The van der Waals surface area contributed by atoms with Crippen molar-refractivity contribution in [3.63, 3.8) is 0 Å². The van der Waals surface area contributed by atoms with E-state index in [0.29, 0.717) is 6.04 Å². The summed E-state index contributed by atoms with van der Waals surface area (Å²) in [4.78, 5) is 0. The topological polar surface area (TPSA) is 39.1 Å². The van der Waals surface area contributed by atoms with Crippen molar-refractivity contribution in [3.8, 4) is 11.4 Å². The fourth-order valence-corrected chi connectivity index (χ4v) is 2.46. The zero-order valence-electron chi connectivity index (χ0n) is 12.3. The maximum atomic E-state index is 5.29. The largest absolute Gasteiger partial charge is 0.497 e. The quantitative estimate of drug-likeness (QED) is 0.909. The molecule has 4 nitrogen and oxygen atoms in total. The summed E-state index contributed by atoms with van der Waals surface area (Å²) < 4.78 is 7.29. The minimum absolute atomic E-state index is 0.717. The summed E-state index contributed by atoms with van der Waals surface area (Å²) in [6, 6.07) is 8.73. The van der Waals surface area contributed by atoms with Crippen LogP contribution in [-0.2, 0) is 6.54 Å². The predicted octanol–water partition coefficient (Wildman–Crippen LogP) is 2.75. The number of hydrogen-bond acceptors (Lipinski definition) is 3. The van der Waals surface area contributed by atoms with Gasteiger partial charge in [-0.15, -0.1) is 0 Å². The molecule has 4 heteroatoms. The van der Waals surface area contributed by atoms with E-state index >= 15 is 0 Å². The highest BCUT2D eigenvalue weighted by Gasteiger charge is 2.22. The van der Waals surface area contributed by atoms with Crippen molar-refractivity contribution in [2.45, 2.75) is 39.3 Å². The summed E-state index contributed by atoms with van der Waals surface area (Å²) >= 11 is 0. The molecular weight excluding hydrogens is 250 g/mol. The molecule has 1 aromatic heterocycles. The fourth-order valence-electron chi connectivity index (χ4n) is 2.46. The number of nitrogens with zero attached hydrogens (tertiary/aromatic N) is 2. The van der Waals surface area contributed by atoms with Crippen LogP contribution in [0.25, 0.3) is 5.69 Å². The lowest BCUT2D eigenvalue weighted by Gasteiger charge is -2.08. The molecule has 0 bridgehead atoms. The number of aryl methyl sites for hydroxylation is 1. The number of methoxy groups -OCH3 is 1. The van der Waals surface area contributed by atoms with Gasteiger partial charge in [0.1, 0.15) is 5.75 Å². The highest BCUT2D eigenvalue weighted by atomic mass is 16.5. The van der Waals surface area contributed by atoms with Gasteiger partial charge >= 0.3 is 0 Å². The molecule has 2 aromatic rings. The normalized spacial score (nSPS) is 14.6. The van der Waals surface area contributed by atoms with Crippen molar-refractivity contribution in [3.05, 3.63) is 41.2 Å². The second-order valence-electron chi connectivity index (χ2n) is 5.42. The summed E-state index contributed by atoms with van der Waals surface area (Å²) in [6.07, 6.45) is 2.62. The molecule has 0 aliphatic heterocycles. The first-order valence-electron chi connectivity index (χ1n) is 7.12. The Morgan fingerprint density at radius 2 is 2.15 bits per heavy atom. The lowest BCUT2D eigenvalue weighted by molar-refractivity contribution is 0.414. The molecule has 1 N–H and O–H groups in total. The molecule has 1 aliphatic rings. The van der Waals surface area contributed by atoms with Crippen molar-refractivity contribution >= 4 is 0 Å². The minimum atomic E-state index is 0.717. The zero-order valence-corrected chi connectivity index (χ0v) is 12.3. The average Bonchev–Trinajstić information content (AvgIpc) is 3.24. The third kappa shape index (κ3) is 2.56. The van der Waals surface area contributed by atoms with E-state index in [0.717, 1.165) is 23.7 Å². The van der Waals surface area contributed by atoms with Gasteiger partial charge in [-0.1, -0.05) is 6.07 Å². The smallest absolute Gasteiger partial charge is 0.121 e. The maximum Gasteiger partial charge on any atom is 0.121 e. The number of ether oxygens (including phenoxy) is 1. The Balaban J connectivity index is 1.90. The molecule has 1 heterocycles. The standard InChI is InChI=1S/C16H21N3O/c1-11-16(10-17-13-7-8-13)12(2)19(18-11)14-5-4-6-15(9-14)20-3/h4-6,9,13,17H,7-8,10H2,1-3H3. The molecule has 1 saturated carbocycles. The fraction of sp³-hybridized carbons (Fsp3) is 0.438. The summed E-state index contributed by atoms with van der Waals surface area (Å²) in [6.45, 7) is 5.11. The maximum absolute atomic E-state index is 5.29.